The Labute approximate surface area is 140 Å². The summed E-state index contributed by atoms with van der Waals surface area (Å²) in [5.41, 5.74) is 5.27. The lowest BCUT2D eigenvalue weighted by molar-refractivity contribution is 0.171. The lowest BCUT2D eigenvalue weighted by Crippen LogP contribution is -2.08. The maximum Gasteiger partial charge on any atom is 0.0701 e. The molecule has 0 radical (unpaired) electrons. The standard InChI is InChI=1S/C19H24O.C2H4O/c1-3-15-5-7-16(8-6-15)13-17-9-11-18(12-10-17)14-19(20)4-2;1-2-3-1/h5-12,19-20H,3-4,13-14H2,1-2H3;1-2H2. The van der Waals surface area contributed by atoms with Crippen molar-refractivity contribution >= 4 is 0 Å². The molecule has 23 heavy (non-hydrogen) atoms. The molecule has 2 aromatic carbocycles. The number of aliphatic hydroxyl groups is 1. The minimum absolute atomic E-state index is 0.220. The van der Waals surface area contributed by atoms with Crippen LogP contribution in [0.25, 0.3) is 0 Å². The molecule has 1 fully saturated rings. The third-order valence-electron chi connectivity index (χ3n) is 4.01. The Balaban J connectivity index is 0.000000572. The van der Waals surface area contributed by atoms with Gasteiger partial charge in [-0.1, -0.05) is 62.4 Å². The van der Waals surface area contributed by atoms with Gasteiger partial charge in [0.15, 0.2) is 0 Å². The molecule has 1 atom stereocenters. The van der Waals surface area contributed by atoms with Gasteiger partial charge in [-0.15, -0.1) is 0 Å². The average molecular weight is 312 g/mol. The predicted molar refractivity (Wildman–Crippen MR) is 95.9 cm³/mol. The molecule has 2 nitrogen and oxygen atoms in total. The van der Waals surface area contributed by atoms with E-state index in [2.05, 4.69) is 60.2 Å². The number of rotatable bonds is 6. The van der Waals surface area contributed by atoms with Gasteiger partial charge in [-0.25, -0.2) is 0 Å². The largest absolute Gasteiger partial charge is 0.393 e. The van der Waals surface area contributed by atoms with Gasteiger partial charge in [0.05, 0.1) is 19.3 Å². The van der Waals surface area contributed by atoms with Crippen LogP contribution in [-0.2, 0) is 24.0 Å². The summed E-state index contributed by atoms with van der Waals surface area (Å²) < 4.78 is 4.50. The molecule has 2 aromatic rings. The van der Waals surface area contributed by atoms with E-state index in [1.165, 1.54) is 22.3 Å². The zero-order valence-corrected chi connectivity index (χ0v) is 14.3. The Kier molecular flexibility index (Phi) is 7.31. The number of aryl methyl sites for hydroxylation is 1. The maximum absolute atomic E-state index is 9.67. The number of aliphatic hydroxyl groups excluding tert-OH is 1. The first-order valence-corrected chi connectivity index (χ1v) is 8.62. The van der Waals surface area contributed by atoms with Crippen LogP contribution < -0.4 is 0 Å². The van der Waals surface area contributed by atoms with Gasteiger partial charge in [0.2, 0.25) is 0 Å². The zero-order valence-electron chi connectivity index (χ0n) is 14.3. The molecule has 1 unspecified atom stereocenters. The van der Waals surface area contributed by atoms with Crippen LogP contribution in [0.4, 0.5) is 0 Å². The molecule has 0 amide bonds. The van der Waals surface area contributed by atoms with E-state index < -0.39 is 0 Å². The Morgan fingerprint density at radius 3 is 1.65 bits per heavy atom. The fourth-order valence-electron chi connectivity index (χ4n) is 2.34. The minimum Gasteiger partial charge on any atom is -0.393 e. The monoisotopic (exact) mass is 312 g/mol. The number of benzene rings is 2. The summed E-state index contributed by atoms with van der Waals surface area (Å²) in [6, 6.07) is 17.5. The van der Waals surface area contributed by atoms with Crippen molar-refractivity contribution in [2.45, 2.75) is 45.6 Å². The quantitative estimate of drug-likeness (QED) is 0.812. The summed E-state index contributed by atoms with van der Waals surface area (Å²) in [5, 5.41) is 9.67. The fraction of sp³-hybridized carbons (Fsp3) is 0.429. The summed E-state index contributed by atoms with van der Waals surface area (Å²) in [7, 11) is 0. The van der Waals surface area contributed by atoms with Crippen molar-refractivity contribution in [3.05, 3.63) is 70.8 Å². The van der Waals surface area contributed by atoms with Crippen molar-refractivity contribution in [2.75, 3.05) is 13.2 Å². The first-order valence-electron chi connectivity index (χ1n) is 8.62. The number of epoxide rings is 1. The van der Waals surface area contributed by atoms with E-state index >= 15 is 0 Å². The second kappa shape index (κ2) is 9.49. The van der Waals surface area contributed by atoms with Gasteiger partial charge in [-0.05, 0) is 47.9 Å². The van der Waals surface area contributed by atoms with Crippen LogP contribution in [0, 0.1) is 0 Å². The van der Waals surface area contributed by atoms with Gasteiger partial charge in [0, 0.05) is 0 Å². The molecule has 0 spiro atoms. The average Bonchev–Trinajstić information content (AvgIpc) is 3.46. The summed E-state index contributed by atoms with van der Waals surface area (Å²) >= 11 is 0. The van der Waals surface area contributed by atoms with Crippen molar-refractivity contribution < 1.29 is 9.84 Å². The van der Waals surface area contributed by atoms with Crippen molar-refractivity contribution in [3.8, 4) is 0 Å². The van der Waals surface area contributed by atoms with Crippen LogP contribution in [0.3, 0.4) is 0 Å². The molecule has 2 heteroatoms. The van der Waals surface area contributed by atoms with Crippen molar-refractivity contribution in [3.63, 3.8) is 0 Å². The van der Waals surface area contributed by atoms with Crippen LogP contribution >= 0.6 is 0 Å². The van der Waals surface area contributed by atoms with Crippen LogP contribution in [0.15, 0.2) is 48.5 Å². The van der Waals surface area contributed by atoms with E-state index in [9.17, 15) is 5.11 Å². The minimum atomic E-state index is -0.220. The van der Waals surface area contributed by atoms with Gasteiger partial charge >= 0.3 is 0 Å². The molecule has 1 N–H and O–H groups in total. The summed E-state index contributed by atoms with van der Waals surface area (Å²) in [6.07, 6.45) is 3.41. The summed E-state index contributed by atoms with van der Waals surface area (Å²) in [6.45, 7) is 6.19. The Morgan fingerprint density at radius 1 is 0.826 bits per heavy atom. The molecule has 0 bridgehead atoms. The third kappa shape index (κ3) is 6.98. The summed E-state index contributed by atoms with van der Waals surface area (Å²) in [5.74, 6) is 0. The molecule has 1 aliphatic heterocycles. The highest BCUT2D eigenvalue weighted by molar-refractivity contribution is 5.30. The SMILES string of the molecule is C1CO1.CCc1ccc(Cc2ccc(CC(O)CC)cc2)cc1. The van der Waals surface area contributed by atoms with E-state index in [0.29, 0.717) is 0 Å². The van der Waals surface area contributed by atoms with Crippen LogP contribution in [-0.4, -0.2) is 24.4 Å². The molecule has 124 valence electrons. The molecule has 1 saturated heterocycles. The van der Waals surface area contributed by atoms with E-state index in [-0.39, 0.29) is 6.10 Å². The van der Waals surface area contributed by atoms with Gasteiger partial charge in [-0.2, -0.15) is 0 Å². The smallest absolute Gasteiger partial charge is 0.0701 e. The van der Waals surface area contributed by atoms with Crippen LogP contribution in [0.2, 0.25) is 0 Å². The zero-order chi connectivity index (χ0) is 16.5. The van der Waals surface area contributed by atoms with Gasteiger partial charge in [0.1, 0.15) is 0 Å². The molecule has 0 aromatic heterocycles. The van der Waals surface area contributed by atoms with Crippen molar-refractivity contribution in [1.29, 1.82) is 0 Å². The Morgan fingerprint density at radius 2 is 1.26 bits per heavy atom. The highest BCUT2D eigenvalue weighted by atomic mass is 16.6. The number of hydrogen-bond acceptors (Lipinski definition) is 2. The molecule has 0 aliphatic carbocycles. The van der Waals surface area contributed by atoms with Crippen molar-refractivity contribution in [2.24, 2.45) is 0 Å². The topological polar surface area (TPSA) is 32.8 Å². The molecular weight excluding hydrogens is 284 g/mol. The molecule has 3 rings (SSSR count). The molecule has 1 heterocycles. The second-order valence-corrected chi connectivity index (χ2v) is 6.04. The Hall–Kier alpha value is -1.64. The lowest BCUT2D eigenvalue weighted by Gasteiger charge is -2.09. The lowest BCUT2D eigenvalue weighted by atomic mass is 10.00. The van der Waals surface area contributed by atoms with Crippen LogP contribution in [0.5, 0.6) is 0 Å². The number of ether oxygens (including phenoxy) is 1. The van der Waals surface area contributed by atoms with Gasteiger partial charge in [0.25, 0.3) is 0 Å². The van der Waals surface area contributed by atoms with E-state index in [1.54, 1.807) is 0 Å². The first-order chi connectivity index (χ1) is 11.2. The third-order valence-corrected chi connectivity index (χ3v) is 4.01. The van der Waals surface area contributed by atoms with Gasteiger partial charge in [-0.3, -0.25) is 0 Å². The van der Waals surface area contributed by atoms with Crippen LogP contribution in [0.1, 0.15) is 42.5 Å². The highest BCUT2D eigenvalue weighted by Gasteiger charge is 2.03. The molecule has 0 saturated carbocycles. The fourth-order valence-corrected chi connectivity index (χ4v) is 2.34. The normalized spacial score (nSPS) is 13.9. The predicted octanol–water partition coefficient (Wildman–Crippen LogP) is 4.17. The summed E-state index contributed by atoms with van der Waals surface area (Å²) in [4.78, 5) is 0. The maximum atomic E-state index is 9.67. The number of hydrogen-bond donors (Lipinski definition) is 1. The molecular formula is C21H28O2. The van der Waals surface area contributed by atoms with Crippen molar-refractivity contribution in [1.82, 2.24) is 0 Å². The first kappa shape index (κ1) is 17.7. The van der Waals surface area contributed by atoms with E-state index in [4.69, 9.17) is 0 Å². The van der Waals surface area contributed by atoms with E-state index in [0.717, 1.165) is 38.9 Å². The van der Waals surface area contributed by atoms with Gasteiger partial charge < -0.3 is 9.84 Å². The van der Waals surface area contributed by atoms with E-state index in [1.807, 2.05) is 6.92 Å². The molecule has 1 aliphatic rings. The Bertz CT molecular complexity index is 553. The second-order valence-electron chi connectivity index (χ2n) is 6.04. The highest BCUT2D eigenvalue weighted by Crippen LogP contribution is 2.13.